The van der Waals surface area contributed by atoms with Gasteiger partial charge in [0.25, 0.3) is 11.9 Å². The van der Waals surface area contributed by atoms with E-state index in [4.69, 9.17) is 5.73 Å². The minimum atomic E-state index is -4.87. The highest BCUT2D eigenvalue weighted by Crippen LogP contribution is 2.42. The number of nitrogens with two attached hydrogens (primary N) is 1. The molecule has 0 fully saturated rings. The lowest BCUT2D eigenvalue weighted by molar-refractivity contribution is -0.209. The zero-order chi connectivity index (χ0) is 22.1. The number of carbonyl (C=O) groups excluding carboxylic acids is 1. The second-order valence-electron chi connectivity index (χ2n) is 6.58. The molecule has 12 heteroatoms. The molecule has 0 spiro atoms. The molecule has 7 nitrogen and oxygen atoms in total. The Morgan fingerprint density at radius 1 is 1.33 bits per heavy atom. The van der Waals surface area contributed by atoms with Crippen LogP contribution in [0.15, 0.2) is 35.6 Å². The maximum absolute atomic E-state index is 15.2. The minimum Gasteiger partial charge on any atom is -0.452 e. The molecule has 0 unspecified atom stereocenters. The van der Waals surface area contributed by atoms with Crippen LogP contribution in [0.3, 0.4) is 0 Å². The molecule has 2 aromatic rings. The Bertz CT molecular complexity index is 997. The first-order valence-corrected chi connectivity index (χ1v) is 8.60. The molecule has 0 saturated heterocycles. The Kier molecular flexibility index (Phi) is 5.59. The zero-order valence-electron chi connectivity index (χ0n) is 15.5. The molecule has 1 aliphatic heterocycles. The van der Waals surface area contributed by atoms with Gasteiger partial charge in [-0.3, -0.25) is 9.78 Å². The molecular weight excluding hydrogens is 413 g/mol. The quantitative estimate of drug-likeness (QED) is 0.728. The third-order valence-electron chi connectivity index (χ3n) is 4.54. The van der Waals surface area contributed by atoms with Gasteiger partial charge >= 0.3 is 6.18 Å². The van der Waals surface area contributed by atoms with Crippen LogP contribution in [0.25, 0.3) is 0 Å². The molecule has 3 rings (SSSR count). The number of carbonyl (C=O) groups is 1. The molecule has 0 bridgehead atoms. The first kappa shape index (κ1) is 21.4. The average molecular weight is 429 g/mol. The molecule has 160 valence electrons. The van der Waals surface area contributed by atoms with Crippen LogP contribution >= 0.6 is 0 Å². The van der Waals surface area contributed by atoms with Crippen molar-refractivity contribution in [1.29, 1.82) is 0 Å². The van der Waals surface area contributed by atoms with Crippen molar-refractivity contribution in [3.8, 4) is 0 Å². The van der Waals surface area contributed by atoms with Gasteiger partial charge in [-0.25, -0.2) is 18.8 Å². The Balaban J connectivity index is 2.00. The predicted molar refractivity (Wildman–Crippen MR) is 95.9 cm³/mol. The van der Waals surface area contributed by atoms with Gasteiger partial charge in [0.2, 0.25) is 0 Å². The second kappa shape index (κ2) is 7.84. The fourth-order valence-corrected chi connectivity index (χ4v) is 3.09. The number of nitrogens with one attached hydrogen (secondary N) is 1. The SMILES string of the molecule is Cc1nccnc1C(=O)Nc1cccc([C@]2(CF)C[C@@H](C(F)(F)F)OC(N)=N2)c1F. The van der Waals surface area contributed by atoms with Crippen LogP contribution in [0.2, 0.25) is 0 Å². The van der Waals surface area contributed by atoms with Crippen LogP contribution in [0.1, 0.15) is 28.2 Å². The summed E-state index contributed by atoms with van der Waals surface area (Å²) in [6.45, 7) is 0.0464. The number of rotatable bonds is 4. The van der Waals surface area contributed by atoms with E-state index in [0.717, 1.165) is 6.07 Å². The standard InChI is InChI=1S/C18H16F5N5O2/c1-9-14(26-6-5-25-9)15(29)27-11-4-2-3-10(13(11)20)17(8-19)7-12(18(21,22)23)30-16(24)28-17/h2-6,12H,7-8H2,1H3,(H2,24,28)(H,27,29)/t12-,17+/m0/s1. The van der Waals surface area contributed by atoms with Gasteiger partial charge in [0.15, 0.2) is 11.9 Å². The van der Waals surface area contributed by atoms with Gasteiger partial charge in [0.1, 0.15) is 17.9 Å². The maximum Gasteiger partial charge on any atom is 0.425 e. The van der Waals surface area contributed by atoms with E-state index in [0.29, 0.717) is 0 Å². The summed E-state index contributed by atoms with van der Waals surface area (Å²) in [6, 6.07) is 2.58. The highest BCUT2D eigenvalue weighted by Gasteiger charge is 2.52. The van der Waals surface area contributed by atoms with Crippen molar-refractivity contribution in [1.82, 2.24) is 9.97 Å². The van der Waals surface area contributed by atoms with Gasteiger partial charge < -0.3 is 15.8 Å². The van der Waals surface area contributed by atoms with Crippen molar-refractivity contribution in [3.05, 3.63) is 53.4 Å². The summed E-state index contributed by atoms with van der Waals surface area (Å²) >= 11 is 0. The van der Waals surface area contributed by atoms with Crippen LogP contribution in [0.4, 0.5) is 27.6 Å². The molecule has 2 heterocycles. The number of amides is 1. The largest absolute Gasteiger partial charge is 0.452 e. The Morgan fingerprint density at radius 3 is 2.67 bits per heavy atom. The number of hydrogen-bond acceptors (Lipinski definition) is 6. The lowest BCUT2D eigenvalue weighted by Gasteiger charge is -2.36. The first-order chi connectivity index (χ1) is 14.1. The molecule has 1 aliphatic rings. The van der Waals surface area contributed by atoms with E-state index >= 15 is 4.39 Å². The lowest BCUT2D eigenvalue weighted by atomic mass is 9.84. The molecular formula is C18H16F5N5O2. The normalized spacial score (nSPS) is 21.5. The number of amidine groups is 1. The smallest absolute Gasteiger partial charge is 0.425 e. The molecule has 3 N–H and O–H groups in total. The highest BCUT2D eigenvalue weighted by atomic mass is 19.4. The van der Waals surface area contributed by atoms with Crippen molar-refractivity contribution in [2.24, 2.45) is 10.7 Å². The molecule has 0 aliphatic carbocycles. The van der Waals surface area contributed by atoms with E-state index in [1.807, 2.05) is 0 Å². The topological polar surface area (TPSA) is 102 Å². The van der Waals surface area contributed by atoms with E-state index in [-0.39, 0.29) is 17.1 Å². The molecule has 2 atom stereocenters. The molecule has 1 aromatic carbocycles. The fourth-order valence-electron chi connectivity index (χ4n) is 3.09. The van der Waals surface area contributed by atoms with Crippen LogP contribution in [-0.4, -0.2) is 40.9 Å². The summed E-state index contributed by atoms with van der Waals surface area (Å²) < 4.78 is 73.1. The third kappa shape index (κ3) is 4.02. The van der Waals surface area contributed by atoms with Crippen molar-refractivity contribution < 1.29 is 31.5 Å². The monoisotopic (exact) mass is 429 g/mol. The van der Waals surface area contributed by atoms with Crippen molar-refractivity contribution in [2.75, 3.05) is 12.0 Å². The first-order valence-electron chi connectivity index (χ1n) is 8.60. The van der Waals surface area contributed by atoms with Crippen molar-refractivity contribution >= 4 is 17.6 Å². The summed E-state index contributed by atoms with van der Waals surface area (Å²) in [7, 11) is 0. The predicted octanol–water partition coefficient (Wildman–Crippen LogP) is 3.01. The number of alkyl halides is 4. The average Bonchev–Trinajstić information content (AvgIpc) is 2.68. The van der Waals surface area contributed by atoms with E-state index in [9.17, 15) is 22.4 Å². The molecule has 0 saturated carbocycles. The van der Waals surface area contributed by atoms with E-state index in [2.05, 4.69) is 25.0 Å². The number of hydrogen-bond donors (Lipinski definition) is 2. The van der Waals surface area contributed by atoms with Crippen molar-refractivity contribution in [2.45, 2.75) is 31.2 Å². The highest BCUT2D eigenvalue weighted by molar-refractivity contribution is 6.03. The Hall–Kier alpha value is -3.31. The van der Waals surface area contributed by atoms with Crippen LogP contribution in [-0.2, 0) is 10.3 Å². The lowest BCUT2D eigenvalue weighted by Crippen LogP contribution is -2.48. The fraction of sp³-hybridized carbons (Fsp3) is 0.333. The van der Waals surface area contributed by atoms with E-state index in [1.54, 1.807) is 0 Å². The van der Waals surface area contributed by atoms with Gasteiger partial charge in [-0.2, -0.15) is 13.2 Å². The van der Waals surface area contributed by atoms with E-state index < -0.39 is 54.2 Å². The maximum atomic E-state index is 15.2. The number of aromatic nitrogens is 2. The number of nitrogens with zero attached hydrogens (tertiary/aromatic N) is 3. The van der Waals surface area contributed by atoms with Crippen LogP contribution in [0, 0.1) is 12.7 Å². The van der Waals surface area contributed by atoms with Gasteiger partial charge in [-0.15, -0.1) is 0 Å². The number of benzene rings is 1. The number of aliphatic imine (C=N–C) groups is 1. The molecule has 30 heavy (non-hydrogen) atoms. The number of anilines is 1. The molecule has 0 radical (unpaired) electrons. The molecule has 1 aromatic heterocycles. The summed E-state index contributed by atoms with van der Waals surface area (Å²) in [5, 5.41) is 2.27. The van der Waals surface area contributed by atoms with Crippen LogP contribution in [0.5, 0.6) is 0 Å². The number of aryl methyl sites for hydroxylation is 1. The summed E-state index contributed by atoms with van der Waals surface area (Å²) in [5.74, 6) is -1.95. The molecule has 1 amide bonds. The van der Waals surface area contributed by atoms with Gasteiger partial charge in [-0.05, 0) is 13.0 Å². The zero-order valence-corrected chi connectivity index (χ0v) is 15.5. The third-order valence-corrected chi connectivity index (χ3v) is 4.54. The van der Waals surface area contributed by atoms with Gasteiger partial charge in [0, 0.05) is 24.4 Å². The van der Waals surface area contributed by atoms with Gasteiger partial charge in [-0.1, -0.05) is 12.1 Å². The number of ether oxygens (including phenoxy) is 1. The summed E-state index contributed by atoms with van der Waals surface area (Å²) in [6.07, 6.45) is -5.73. The summed E-state index contributed by atoms with van der Waals surface area (Å²) in [4.78, 5) is 23.8. The van der Waals surface area contributed by atoms with Gasteiger partial charge in [0.05, 0.1) is 11.4 Å². The second-order valence-corrected chi connectivity index (χ2v) is 6.58. The Morgan fingerprint density at radius 2 is 2.03 bits per heavy atom. The summed E-state index contributed by atoms with van der Waals surface area (Å²) in [5.41, 5.74) is 2.37. The van der Waals surface area contributed by atoms with Crippen LogP contribution < -0.4 is 11.1 Å². The minimum absolute atomic E-state index is 0.0759. The number of halogens is 5. The van der Waals surface area contributed by atoms with Crippen molar-refractivity contribution in [3.63, 3.8) is 0 Å². The Labute approximate surface area is 167 Å². The van der Waals surface area contributed by atoms with E-state index in [1.165, 1.54) is 31.5 Å².